The Morgan fingerprint density at radius 1 is 0.509 bits per heavy atom. The number of hydrazone groups is 1. The molecule has 3 aromatic carbocycles. The maximum atomic E-state index is 14.5. The molecule has 2 saturated heterocycles. The number of pyridine rings is 1. The van der Waals surface area contributed by atoms with Gasteiger partial charge in [-0.15, -0.1) is 0 Å². The van der Waals surface area contributed by atoms with Crippen molar-refractivity contribution >= 4 is 117 Å². The second-order valence-corrected chi connectivity index (χ2v) is 28.3. The number of carbonyl (C=O) groups excluding carboxylic acids is 13. The van der Waals surface area contributed by atoms with Crippen LogP contribution in [0.15, 0.2) is 113 Å². The van der Waals surface area contributed by atoms with Gasteiger partial charge in [0.15, 0.2) is 11.9 Å². The molecule has 0 spiro atoms. The number of carboxylic acids is 2. The summed E-state index contributed by atoms with van der Waals surface area (Å²) in [6.45, 7) is -1.63. The van der Waals surface area contributed by atoms with E-state index in [1.54, 1.807) is 60.7 Å². The number of benzene rings is 3. The zero-order valence-corrected chi connectivity index (χ0v) is 63.9. The number of nitrogens with one attached hydrogen (secondary N) is 18. The molecular weight excluding hydrogens is 1540 g/mol. The molecule has 2 aliphatic heterocycles. The molecule has 43 heteroatoms. The predicted molar refractivity (Wildman–Crippen MR) is 414 cm³/mol. The average molecular weight is 1640 g/mol. The molecule has 6 rings (SSSR count). The minimum Gasteiger partial charge on any atom is -0.481 e. The SMILES string of the molecule is N=C(N)NCCC[C@@H]1NC(=O)CNC(=O)[C@@H](CC(=O)O)NC(=O)[C@@H](Cc2ccccc2)NC(=O)C(CCCCNC(=O)C(CCC(=O)NCCCC[C@H]2NC(=O)[C@H](CCCNC(=N)N)NC(=O)CNC(=O)[C@@H](CC(=O)O)NC(=O)[C@@H](Cc3ccccc3)NC2=O)NC(=O)c2ccc(CNN=Cc3ccccc3S(=O)(=O)O)nc2)NC1=O. The van der Waals surface area contributed by atoms with E-state index in [0.717, 1.165) is 6.21 Å². The van der Waals surface area contributed by atoms with Crippen LogP contribution in [0, 0.1) is 10.8 Å². The number of unbranched alkanes of at least 4 members (excludes halogenated alkanes) is 2. The molecule has 9 atom stereocenters. The van der Waals surface area contributed by atoms with Gasteiger partial charge in [-0.05, 0) is 100.0 Å². The largest absolute Gasteiger partial charge is 0.481 e. The van der Waals surface area contributed by atoms with Crippen molar-refractivity contribution in [1.29, 1.82) is 10.8 Å². The Kier molecular flexibility index (Phi) is 37.4. The van der Waals surface area contributed by atoms with Gasteiger partial charge in [0.05, 0.1) is 49.9 Å². The summed E-state index contributed by atoms with van der Waals surface area (Å²) >= 11 is 0. The topological polar surface area (TPSA) is 668 Å². The van der Waals surface area contributed by atoms with Crippen molar-refractivity contribution in [3.05, 3.63) is 131 Å². The third-order valence-electron chi connectivity index (χ3n) is 17.8. The highest BCUT2D eigenvalue weighted by Gasteiger charge is 2.36. The number of hydrogen-bond acceptors (Lipinski definition) is 22. The highest BCUT2D eigenvalue weighted by molar-refractivity contribution is 7.86. The van der Waals surface area contributed by atoms with Crippen LogP contribution < -0.4 is 96.6 Å². The number of aliphatic carboxylic acids is 2. The fourth-order valence-corrected chi connectivity index (χ4v) is 12.5. The summed E-state index contributed by atoms with van der Waals surface area (Å²) in [5, 5.41) is 76.5. The molecular formula is C73H98N22O20S. The number of nitrogens with two attached hydrogens (primary N) is 2. The number of nitrogens with zero attached hydrogens (tertiary/aromatic N) is 2. The standard InChI is InChI=1S/C73H98N22O20S/c74-72(75)80-31-13-22-47-66(107)90-49(68(109)92-52(33-42-15-3-1-4-16-42)70(111)94-54(35-60(99)100)64(105)83-40-58(97)87-47)20-9-11-29-78-57(96)28-27-51(89-62(103)45-25-26-46(82-37-45)39-86-85-38-44-19-7-8-24-56(44)116(113,114)115)63(104)79-30-12-10-21-50-69(110)93-53(34-43-17-5-2-6-18-43)71(112)95-55(36-61(101)102)65(106)84-41-59(98)88-48(67(108)91-50)23-14-32-81-73(76)77/h1-8,15-19,24-26,37-38,47-55,86H,9-14,20-23,27-36,39-41H2,(H,78,96)(H,79,104)(H,83,105)(H,84,106)(H,87,97)(H,88,98)(H,89,103)(H,90,107)(H,91,108)(H,92,109)(H,93,110)(H,94,111)(H,95,112)(H,99,100)(H,101,102)(H4,74,75,80)(H4,76,77,81)(H,113,114,115)/t47-,48-,49+,50?,51?,52+,53+,54+,55+/m0/s1. The Bertz CT molecular complexity index is 4300. The number of carboxylic acid groups (broad SMARTS) is 2. The molecule has 0 bridgehead atoms. The van der Waals surface area contributed by atoms with E-state index < -0.39 is 186 Å². The molecule has 0 radical (unpaired) electrons. The van der Waals surface area contributed by atoms with Gasteiger partial charge >= 0.3 is 11.9 Å². The summed E-state index contributed by atoms with van der Waals surface area (Å²) < 4.78 is 33.4. The van der Waals surface area contributed by atoms with Crippen molar-refractivity contribution < 1.29 is 95.1 Å². The second-order valence-electron chi connectivity index (χ2n) is 26.9. The van der Waals surface area contributed by atoms with E-state index in [0.29, 0.717) is 16.8 Å². The molecule has 116 heavy (non-hydrogen) atoms. The van der Waals surface area contributed by atoms with E-state index in [4.69, 9.17) is 22.3 Å². The van der Waals surface area contributed by atoms with Gasteiger partial charge in [0, 0.05) is 57.2 Å². The van der Waals surface area contributed by atoms with Gasteiger partial charge in [-0.25, -0.2) is 0 Å². The molecule has 25 N–H and O–H groups in total. The summed E-state index contributed by atoms with van der Waals surface area (Å²) in [5.74, 6) is -15.4. The van der Waals surface area contributed by atoms with E-state index in [-0.39, 0.29) is 144 Å². The van der Waals surface area contributed by atoms with E-state index in [9.17, 15) is 95.1 Å². The second kappa shape index (κ2) is 47.3. The summed E-state index contributed by atoms with van der Waals surface area (Å²) in [6, 6.07) is 11.5. The number of amides is 13. The lowest BCUT2D eigenvalue weighted by Crippen LogP contribution is -2.58. The van der Waals surface area contributed by atoms with Crippen molar-refractivity contribution in [3.8, 4) is 0 Å². The van der Waals surface area contributed by atoms with Gasteiger partial charge in [-0.2, -0.15) is 13.5 Å². The van der Waals surface area contributed by atoms with Crippen molar-refractivity contribution in [3.63, 3.8) is 0 Å². The van der Waals surface area contributed by atoms with Crippen LogP contribution >= 0.6 is 0 Å². The third-order valence-corrected chi connectivity index (χ3v) is 18.7. The van der Waals surface area contributed by atoms with Crippen LogP contribution in [0.4, 0.5) is 0 Å². The van der Waals surface area contributed by atoms with Gasteiger partial charge in [0.25, 0.3) is 16.0 Å². The Hall–Kier alpha value is -13.2. The summed E-state index contributed by atoms with van der Waals surface area (Å²) in [6.07, 6.45) is -0.496. The number of aromatic nitrogens is 1. The van der Waals surface area contributed by atoms with Crippen LogP contribution in [0.2, 0.25) is 0 Å². The molecule has 13 amide bonds. The Morgan fingerprint density at radius 2 is 0.922 bits per heavy atom. The van der Waals surface area contributed by atoms with Gasteiger partial charge in [-0.1, -0.05) is 78.9 Å². The highest BCUT2D eigenvalue weighted by Crippen LogP contribution is 2.16. The van der Waals surface area contributed by atoms with Crippen LogP contribution in [-0.2, 0) is 96.6 Å². The normalized spacial score (nSPS) is 19.8. The number of rotatable bonds is 37. The molecule has 2 fully saturated rings. The highest BCUT2D eigenvalue weighted by atomic mass is 32.2. The predicted octanol–water partition coefficient (Wildman–Crippen LogP) is -5.00. The third kappa shape index (κ3) is 33.2. The lowest BCUT2D eigenvalue weighted by Gasteiger charge is -2.26. The average Bonchev–Trinajstić information content (AvgIpc) is 1.08. The maximum absolute atomic E-state index is 14.5. The zero-order valence-electron chi connectivity index (χ0n) is 63.1. The first-order chi connectivity index (χ1) is 55.3. The monoisotopic (exact) mass is 1630 g/mol. The van der Waals surface area contributed by atoms with Gasteiger partial charge in [-0.3, -0.25) is 92.3 Å². The van der Waals surface area contributed by atoms with Crippen molar-refractivity contribution in [2.75, 3.05) is 39.3 Å². The van der Waals surface area contributed by atoms with E-state index in [2.05, 4.69) is 95.3 Å². The van der Waals surface area contributed by atoms with E-state index in [1.165, 1.54) is 42.6 Å². The molecule has 0 aliphatic carbocycles. The molecule has 3 heterocycles. The first-order valence-electron chi connectivity index (χ1n) is 37.1. The first-order valence-corrected chi connectivity index (χ1v) is 38.5. The van der Waals surface area contributed by atoms with E-state index >= 15 is 0 Å². The fraction of sp³-hybridized carbons (Fsp3) is 0.438. The minimum absolute atomic E-state index is 0.0392. The van der Waals surface area contributed by atoms with Gasteiger partial charge < -0.3 is 107 Å². The first kappa shape index (κ1) is 91.7. The van der Waals surface area contributed by atoms with Gasteiger partial charge in [0.1, 0.15) is 59.3 Å². The van der Waals surface area contributed by atoms with Crippen LogP contribution in [-0.4, -0.2) is 229 Å². The number of carbonyl (C=O) groups is 15. The van der Waals surface area contributed by atoms with Gasteiger partial charge in [0.2, 0.25) is 70.9 Å². The molecule has 1 aromatic heterocycles. The fourth-order valence-electron chi connectivity index (χ4n) is 11.8. The quantitative estimate of drug-likeness (QED) is 0.00661. The lowest BCUT2D eigenvalue weighted by molar-refractivity contribution is -0.141. The maximum Gasteiger partial charge on any atom is 0.305 e. The zero-order chi connectivity index (χ0) is 84.7. The van der Waals surface area contributed by atoms with Crippen molar-refractivity contribution in [2.24, 2.45) is 16.6 Å². The minimum atomic E-state index is -4.58. The number of guanidine groups is 2. The lowest BCUT2D eigenvalue weighted by atomic mass is 10.0. The van der Waals surface area contributed by atoms with Crippen LogP contribution in [0.1, 0.15) is 123 Å². The summed E-state index contributed by atoms with van der Waals surface area (Å²) in [7, 11) is -4.58. The van der Waals surface area contributed by atoms with E-state index in [1.807, 2.05) is 0 Å². The van der Waals surface area contributed by atoms with Crippen LogP contribution in [0.3, 0.4) is 0 Å². The van der Waals surface area contributed by atoms with Crippen molar-refractivity contribution in [1.82, 2.24) is 90.2 Å². The molecule has 2 unspecified atom stereocenters. The summed E-state index contributed by atoms with van der Waals surface area (Å²) in [4.78, 5) is 208. The Balaban J connectivity index is 1.19. The Morgan fingerprint density at radius 3 is 1.37 bits per heavy atom. The molecule has 42 nitrogen and oxygen atoms in total. The van der Waals surface area contributed by atoms with Crippen LogP contribution in [0.5, 0.6) is 0 Å². The molecule has 4 aromatic rings. The summed E-state index contributed by atoms with van der Waals surface area (Å²) in [5.41, 5.74) is 15.0. The van der Waals surface area contributed by atoms with Crippen LogP contribution in [0.25, 0.3) is 0 Å². The molecule has 2 aliphatic rings. The smallest absolute Gasteiger partial charge is 0.305 e. The Labute approximate surface area is 665 Å². The number of hydrogen-bond donors (Lipinski definition) is 23. The molecule has 0 saturated carbocycles. The van der Waals surface area contributed by atoms with Crippen molar-refractivity contribution in [2.45, 2.75) is 169 Å². The molecule has 626 valence electrons.